The molecule has 0 aliphatic rings. The van der Waals surface area contributed by atoms with Crippen LogP contribution >= 0.6 is 11.3 Å². The van der Waals surface area contributed by atoms with Crippen LogP contribution in [0, 0.1) is 0 Å². The first kappa shape index (κ1) is 16.4. The number of amides is 1. The van der Waals surface area contributed by atoms with Gasteiger partial charge in [-0.15, -0.1) is 11.3 Å². The van der Waals surface area contributed by atoms with Crippen molar-refractivity contribution in [3.63, 3.8) is 0 Å². The second kappa shape index (κ2) is 7.37. The number of ether oxygens (including phenoxy) is 1. The van der Waals surface area contributed by atoms with Crippen LogP contribution in [0.3, 0.4) is 0 Å². The summed E-state index contributed by atoms with van der Waals surface area (Å²) < 4.78 is 28.5. The SMILES string of the molecule is CCCS(=O)(=O)Cc1csc(NC(=O)Oc2ccccc2)n1. The van der Waals surface area contributed by atoms with Crippen LogP contribution in [0.5, 0.6) is 5.75 Å². The molecule has 0 saturated heterocycles. The van der Waals surface area contributed by atoms with Crippen molar-refractivity contribution in [2.24, 2.45) is 0 Å². The molecule has 2 rings (SSSR count). The maximum Gasteiger partial charge on any atom is 0.418 e. The molecular weight excluding hydrogens is 324 g/mol. The number of carbonyl (C=O) groups is 1. The summed E-state index contributed by atoms with van der Waals surface area (Å²) in [5.74, 6) is 0.429. The molecule has 0 atom stereocenters. The van der Waals surface area contributed by atoms with Crippen molar-refractivity contribution in [1.82, 2.24) is 4.98 Å². The lowest BCUT2D eigenvalue weighted by atomic mass is 10.3. The summed E-state index contributed by atoms with van der Waals surface area (Å²) in [6, 6.07) is 8.63. The second-order valence-electron chi connectivity index (χ2n) is 4.56. The highest BCUT2D eigenvalue weighted by molar-refractivity contribution is 7.90. The smallest absolute Gasteiger partial charge is 0.410 e. The van der Waals surface area contributed by atoms with Crippen molar-refractivity contribution in [2.75, 3.05) is 11.1 Å². The molecule has 0 saturated carbocycles. The van der Waals surface area contributed by atoms with E-state index in [0.29, 0.717) is 23.0 Å². The van der Waals surface area contributed by atoms with Gasteiger partial charge in [-0.25, -0.2) is 18.2 Å². The van der Waals surface area contributed by atoms with Gasteiger partial charge in [-0.1, -0.05) is 25.1 Å². The van der Waals surface area contributed by atoms with E-state index >= 15 is 0 Å². The third kappa shape index (κ3) is 5.12. The topological polar surface area (TPSA) is 85.4 Å². The van der Waals surface area contributed by atoms with Crippen molar-refractivity contribution in [3.8, 4) is 5.75 Å². The molecule has 1 N–H and O–H groups in total. The Hall–Kier alpha value is -1.93. The molecule has 8 heteroatoms. The average molecular weight is 340 g/mol. The van der Waals surface area contributed by atoms with Crippen LogP contribution in [0.1, 0.15) is 19.0 Å². The van der Waals surface area contributed by atoms with Gasteiger partial charge in [0.05, 0.1) is 17.2 Å². The predicted octanol–water partition coefficient (Wildman–Crippen LogP) is 3.08. The lowest BCUT2D eigenvalue weighted by Gasteiger charge is -2.03. The van der Waals surface area contributed by atoms with E-state index in [0.717, 1.165) is 11.3 Å². The Balaban J connectivity index is 1.93. The monoisotopic (exact) mass is 340 g/mol. The summed E-state index contributed by atoms with van der Waals surface area (Å²) in [6.45, 7) is 1.81. The van der Waals surface area contributed by atoms with E-state index in [4.69, 9.17) is 4.74 Å². The van der Waals surface area contributed by atoms with Gasteiger partial charge in [-0.3, -0.25) is 5.32 Å². The van der Waals surface area contributed by atoms with Gasteiger partial charge < -0.3 is 4.74 Å². The van der Waals surface area contributed by atoms with Gasteiger partial charge >= 0.3 is 6.09 Å². The van der Waals surface area contributed by atoms with Crippen molar-refractivity contribution in [2.45, 2.75) is 19.1 Å². The number of nitrogens with one attached hydrogen (secondary N) is 1. The Labute approximate surface area is 133 Å². The highest BCUT2D eigenvalue weighted by Gasteiger charge is 2.14. The molecule has 22 heavy (non-hydrogen) atoms. The van der Waals surface area contributed by atoms with Crippen LogP contribution in [-0.2, 0) is 15.6 Å². The van der Waals surface area contributed by atoms with Crippen LogP contribution in [-0.4, -0.2) is 25.2 Å². The highest BCUT2D eigenvalue weighted by Crippen LogP contribution is 2.18. The summed E-state index contributed by atoms with van der Waals surface area (Å²) in [5.41, 5.74) is 0.425. The summed E-state index contributed by atoms with van der Waals surface area (Å²) >= 11 is 1.16. The zero-order valence-electron chi connectivity index (χ0n) is 12.0. The van der Waals surface area contributed by atoms with Gasteiger partial charge in [0.25, 0.3) is 0 Å². The normalized spacial score (nSPS) is 11.1. The summed E-state index contributed by atoms with van der Waals surface area (Å²) in [7, 11) is -3.15. The molecule has 118 valence electrons. The number of rotatable bonds is 6. The zero-order valence-corrected chi connectivity index (χ0v) is 13.6. The van der Waals surface area contributed by atoms with E-state index in [1.807, 2.05) is 13.0 Å². The number of anilines is 1. The average Bonchev–Trinajstić information content (AvgIpc) is 2.85. The lowest BCUT2D eigenvalue weighted by molar-refractivity contribution is 0.215. The van der Waals surface area contributed by atoms with E-state index in [9.17, 15) is 13.2 Å². The minimum absolute atomic E-state index is 0.118. The Kier molecular flexibility index (Phi) is 5.51. The summed E-state index contributed by atoms with van der Waals surface area (Å²) in [4.78, 5) is 15.8. The van der Waals surface area contributed by atoms with E-state index < -0.39 is 15.9 Å². The van der Waals surface area contributed by atoms with Crippen LogP contribution in [0.15, 0.2) is 35.7 Å². The number of thiazole rings is 1. The first-order valence-electron chi connectivity index (χ1n) is 6.67. The van der Waals surface area contributed by atoms with Crippen LogP contribution in [0.4, 0.5) is 9.93 Å². The number of sulfone groups is 1. The summed E-state index contributed by atoms with van der Waals surface area (Å²) in [5, 5.41) is 4.40. The van der Waals surface area contributed by atoms with Crippen molar-refractivity contribution in [1.29, 1.82) is 0 Å². The molecule has 0 radical (unpaired) electrons. The minimum atomic E-state index is -3.15. The van der Waals surface area contributed by atoms with E-state index in [1.165, 1.54) is 0 Å². The number of benzene rings is 1. The third-order valence-corrected chi connectivity index (χ3v) is 5.17. The zero-order chi connectivity index (χ0) is 16.0. The molecule has 2 aromatic rings. The largest absolute Gasteiger partial charge is 0.418 e. The molecule has 0 aliphatic carbocycles. The number of nitrogens with zero attached hydrogens (tertiary/aromatic N) is 1. The van der Waals surface area contributed by atoms with E-state index in [-0.39, 0.29) is 11.5 Å². The molecule has 6 nitrogen and oxygen atoms in total. The Bertz CT molecular complexity index is 726. The van der Waals surface area contributed by atoms with Gasteiger partial charge in [0.15, 0.2) is 15.0 Å². The fourth-order valence-electron chi connectivity index (χ4n) is 1.75. The van der Waals surface area contributed by atoms with Crippen LogP contribution < -0.4 is 10.1 Å². The number of hydrogen-bond donors (Lipinski definition) is 1. The third-order valence-electron chi connectivity index (χ3n) is 2.60. The molecular formula is C14H16N2O4S2. The molecule has 0 aliphatic heterocycles. The Morgan fingerprint density at radius 1 is 1.32 bits per heavy atom. The van der Waals surface area contributed by atoms with Gasteiger partial charge in [0, 0.05) is 5.38 Å². The number of para-hydroxylation sites is 1. The fraction of sp³-hybridized carbons (Fsp3) is 0.286. The minimum Gasteiger partial charge on any atom is -0.410 e. The van der Waals surface area contributed by atoms with Gasteiger partial charge in [0.2, 0.25) is 0 Å². The second-order valence-corrected chi connectivity index (χ2v) is 7.61. The molecule has 0 unspecified atom stereocenters. The molecule has 1 heterocycles. The highest BCUT2D eigenvalue weighted by atomic mass is 32.2. The molecule has 0 bridgehead atoms. The Morgan fingerprint density at radius 2 is 2.05 bits per heavy atom. The van der Waals surface area contributed by atoms with E-state index in [2.05, 4.69) is 10.3 Å². The van der Waals surface area contributed by atoms with Gasteiger partial charge in [0.1, 0.15) is 5.75 Å². The Morgan fingerprint density at radius 3 is 2.73 bits per heavy atom. The maximum absolute atomic E-state index is 11.7. The number of hydrogen-bond acceptors (Lipinski definition) is 6. The number of aromatic nitrogens is 1. The van der Waals surface area contributed by atoms with Crippen molar-refractivity contribution < 1.29 is 17.9 Å². The maximum atomic E-state index is 11.7. The molecule has 1 amide bonds. The number of carbonyl (C=O) groups excluding carboxylic acids is 1. The quantitative estimate of drug-likeness (QED) is 0.873. The molecule has 1 aromatic carbocycles. The molecule has 1 aromatic heterocycles. The summed E-state index contributed by atoms with van der Waals surface area (Å²) in [6.07, 6.45) is -0.0930. The van der Waals surface area contributed by atoms with Gasteiger partial charge in [-0.2, -0.15) is 0 Å². The lowest BCUT2D eigenvalue weighted by Crippen LogP contribution is -2.16. The van der Waals surface area contributed by atoms with E-state index in [1.54, 1.807) is 29.6 Å². The first-order valence-corrected chi connectivity index (χ1v) is 9.37. The van der Waals surface area contributed by atoms with Crippen LogP contribution in [0.25, 0.3) is 0 Å². The van der Waals surface area contributed by atoms with Crippen molar-refractivity contribution >= 4 is 32.4 Å². The van der Waals surface area contributed by atoms with Crippen molar-refractivity contribution in [3.05, 3.63) is 41.4 Å². The predicted molar refractivity (Wildman–Crippen MR) is 86.0 cm³/mol. The first-order chi connectivity index (χ1) is 10.5. The molecule has 0 spiro atoms. The van der Waals surface area contributed by atoms with Gasteiger partial charge in [-0.05, 0) is 18.6 Å². The fourth-order valence-corrected chi connectivity index (χ4v) is 3.91. The van der Waals surface area contributed by atoms with Crippen LogP contribution in [0.2, 0.25) is 0 Å². The molecule has 0 fully saturated rings. The standard InChI is InChI=1S/C14H16N2O4S2/c1-2-8-22(18,19)10-11-9-21-13(15-11)16-14(17)20-12-6-4-3-5-7-12/h3-7,9H,2,8,10H2,1H3,(H,15,16,17).